The van der Waals surface area contributed by atoms with E-state index in [1.54, 1.807) is 0 Å². The van der Waals surface area contributed by atoms with Gasteiger partial charge in [0.15, 0.2) is 0 Å². The molecule has 2 unspecified atom stereocenters. The van der Waals surface area contributed by atoms with Crippen LogP contribution in [0.3, 0.4) is 0 Å². The maximum absolute atomic E-state index is 12.2. The maximum atomic E-state index is 12.2. The fraction of sp³-hybridized carbons (Fsp3) is 0.421. The zero-order valence-electron chi connectivity index (χ0n) is 14.5. The SMILES string of the molecule is CC1CN(CC(=O)NCc2ccc(-c3ccc(Cl)cc3)o2)CC(C)O1. The molecule has 1 aromatic heterocycles. The number of rotatable bonds is 5. The van der Waals surface area contributed by atoms with E-state index in [0.717, 1.165) is 30.2 Å². The van der Waals surface area contributed by atoms with Crippen LogP contribution in [0.25, 0.3) is 11.3 Å². The molecule has 0 bridgehead atoms. The van der Waals surface area contributed by atoms with Crippen LogP contribution in [0.4, 0.5) is 0 Å². The third-order valence-corrected chi connectivity index (χ3v) is 4.36. The van der Waals surface area contributed by atoms with Gasteiger partial charge in [0.2, 0.25) is 5.91 Å². The summed E-state index contributed by atoms with van der Waals surface area (Å²) in [6.45, 7) is 6.37. The Balaban J connectivity index is 1.50. The molecule has 3 rings (SSSR count). The van der Waals surface area contributed by atoms with Gasteiger partial charge < -0.3 is 14.5 Å². The van der Waals surface area contributed by atoms with E-state index in [9.17, 15) is 4.79 Å². The molecule has 6 heteroatoms. The zero-order chi connectivity index (χ0) is 17.8. The lowest BCUT2D eigenvalue weighted by atomic mass is 10.2. The van der Waals surface area contributed by atoms with Crippen LogP contribution in [0.1, 0.15) is 19.6 Å². The standard InChI is InChI=1S/C19H23ClN2O3/c1-13-10-22(11-14(2)24-13)12-19(23)21-9-17-7-8-18(25-17)15-3-5-16(20)6-4-15/h3-8,13-14H,9-12H2,1-2H3,(H,21,23). The summed E-state index contributed by atoms with van der Waals surface area (Å²) in [5.41, 5.74) is 0.957. The van der Waals surface area contributed by atoms with Gasteiger partial charge >= 0.3 is 0 Å². The lowest BCUT2D eigenvalue weighted by molar-refractivity contribution is -0.126. The smallest absolute Gasteiger partial charge is 0.234 e. The number of benzene rings is 1. The van der Waals surface area contributed by atoms with E-state index in [2.05, 4.69) is 10.2 Å². The summed E-state index contributed by atoms with van der Waals surface area (Å²) in [4.78, 5) is 14.3. The normalized spacial score (nSPS) is 21.2. The molecule has 2 aromatic rings. The molecule has 134 valence electrons. The van der Waals surface area contributed by atoms with Gasteiger partial charge in [-0.15, -0.1) is 0 Å². The van der Waals surface area contributed by atoms with Crippen molar-refractivity contribution in [2.24, 2.45) is 0 Å². The van der Waals surface area contributed by atoms with E-state index >= 15 is 0 Å². The lowest BCUT2D eigenvalue weighted by Crippen LogP contribution is -2.49. The highest BCUT2D eigenvalue weighted by Crippen LogP contribution is 2.23. The van der Waals surface area contributed by atoms with Crippen LogP contribution >= 0.6 is 11.6 Å². The van der Waals surface area contributed by atoms with Crippen molar-refractivity contribution in [3.05, 3.63) is 47.2 Å². The number of carbonyl (C=O) groups is 1. The Morgan fingerprint density at radius 2 is 1.84 bits per heavy atom. The van der Waals surface area contributed by atoms with Crippen molar-refractivity contribution < 1.29 is 13.9 Å². The third kappa shape index (κ3) is 5.08. The van der Waals surface area contributed by atoms with Gasteiger partial charge in [0.05, 0.1) is 25.3 Å². The molecule has 2 atom stereocenters. The van der Waals surface area contributed by atoms with Crippen LogP contribution in [-0.2, 0) is 16.1 Å². The first-order valence-electron chi connectivity index (χ1n) is 8.49. The van der Waals surface area contributed by atoms with E-state index < -0.39 is 0 Å². The highest BCUT2D eigenvalue weighted by molar-refractivity contribution is 6.30. The quantitative estimate of drug-likeness (QED) is 0.886. The van der Waals surface area contributed by atoms with E-state index in [-0.39, 0.29) is 18.1 Å². The molecule has 0 spiro atoms. The molecule has 1 amide bonds. The summed E-state index contributed by atoms with van der Waals surface area (Å²) >= 11 is 5.90. The Morgan fingerprint density at radius 3 is 2.52 bits per heavy atom. The minimum atomic E-state index is -0.00857. The molecule has 1 saturated heterocycles. The van der Waals surface area contributed by atoms with Crippen molar-refractivity contribution in [1.82, 2.24) is 10.2 Å². The molecular weight excluding hydrogens is 340 g/mol. The van der Waals surface area contributed by atoms with Crippen LogP contribution in [0.5, 0.6) is 0 Å². The Labute approximate surface area is 152 Å². The molecule has 1 fully saturated rings. The van der Waals surface area contributed by atoms with Crippen LogP contribution in [0.2, 0.25) is 5.02 Å². The first kappa shape index (κ1) is 18.0. The Kier molecular flexibility index (Phi) is 5.78. The van der Waals surface area contributed by atoms with Gasteiger partial charge in [-0.25, -0.2) is 0 Å². The second-order valence-corrected chi connectivity index (χ2v) is 6.94. The molecule has 0 radical (unpaired) electrons. The second-order valence-electron chi connectivity index (χ2n) is 6.50. The minimum absolute atomic E-state index is 0.00857. The topological polar surface area (TPSA) is 54.7 Å². The number of hydrogen-bond acceptors (Lipinski definition) is 4. The summed E-state index contributed by atoms with van der Waals surface area (Å²) < 4.78 is 11.5. The highest BCUT2D eigenvalue weighted by Gasteiger charge is 2.23. The van der Waals surface area contributed by atoms with Gasteiger partial charge in [0, 0.05) is 23.7 Å². The molecule has 5 nitrogen and oxygen atoms in total. The Hall–Kier alpha value is -1.82. The van der Waals surface area contributed by atoms with Crippen molar-refractivity contribution in [1.29, 1.82) is 0 Å². The van der Waals surface area contributed by atoms with E-state index in [1.165, 1.54) is 0 Å². The number of nitrogens with zero attached hydrogens (tertiary/aromatic N) is 1. The monoisotopic (exact) mass is 362 g/mol. The molecule has 1 N–H and O–H groups in total. The molecule has 1 aromatic carbocycles. The van der Waals surface area contributed by atoms with Crippen molar-refractivity contribution in [3.8, 4) is 11.3 Å². The average molecular weight is 363 g/mol. The average Bonchev–Trinajstić information content (AvgIpc) is 3.01. The fourth-order valence-corrected chi connectivity index (χ4v) is 3.23. The number of carbonyl (C=O) groups excluding carboxylic acids is 1. The Bertz CT molecular complexity index is 704. The van der Waals surface area contributed by atoms with Crippen LogP contribution in [-0.4, -0.2) is 42.6 Å². The van der Waals surface area contributed by atoms with E-state index in [1.807, 2.05) is 50.2 Å². The number of morpholine rings is 1. The number of hydrogen-bond donors (Lipinski definition) is 1. The molecule has 0 saturated carbocycles. The highest BCUT2D eigenvalue weighted by atomic mass is 35.5. The van der Waals surface area contributed by atoms with Crippen LogP contribution in [0, 0.1) is 0 Å². The fourth-order valence-electron chi connectivity index (χ4n) is 3.10. The molecule has 0 aliphatic carbocycles. The summed E-state index contributed by atoms with van der Waals surface area (Å²) in [5.74, 6) is 1.48. The van der Waals surface area contributed by atoms with Gasteiger partial charge in [-0.1, -0.05) is 11.6 Å². The summed E-state index contributed by atoms with van der Waals surface area (Å²) in [6, 6.07) is 11.2. The molecule has 25 heavy (non-hydrogen) atoms. The van der Waals surface area contributed by atoms with Gasteiger partial charge in [-0.3, -0.25) is 9.69 Å². The molecule has 1 aliphatic rings. The van der Waals surface area contributed by atoms with Gasteiger partial charge in [0.25, 0.3) is 0 Å². The number of nitrogens with one attached hydrogen (secondary N) is 1. The van der Waals surface area contributed by atoms with E-state index in [4.69, 9.17) is 20.8 Å². The summed E-state index contributed by atoms with van der Waals surface area (Å²) in [7, 11) is 0. The maximum Gasteiger partial charge on any atom is 0.234 e. The molecule has 2 heterocycles. The van der Waals surface area contributed by atoms with Gasteiger partial charge in [0.1, 0.15) is 11.5 Å². The van der Waals surface area contributed by atoms with Crippen molar-refractivity contribution >= 4 is 17.5 Å². The zero-order valence-corrected chi connectivity index (χ0v) is 15.3. The number of furan rings is 1. The van der Waals surface area contributed by atoms with Crippen LogP contribution in [0.15, 0.2) is 40.8 Å². The largest absolute Gasteiger partial charge is 0.459 e. The minimum Gasteiger partial charge on any atom is -0.459 e. The lowest BCUT2D eigenvalue weighted by Gasteiger charge is -2.34. The Morgan fingerprint density at radius 1 is 1.16 bits per heavy atom. The van der Waals surface area contributed by atoms with E-state index in [0.29, 0.717) is 18.1 Å². The number of halogens is 1. The van der Waals surface area contributed by atoms with Gasteiger partial charge in [-0.05, 0) is 50.2 Å². The van der Waals surface area contributed by atoms with Crippen LogP contribution < -0.4 is 5.32 Å². The third-order valence-electron chi connectivity index (χ3n) is 4.11. The predicted octanol–water partition coefficient (Wildman–Crippen LogP) is 3.33. The van der Waals surface area contributed by atoms with Crippen molar-refractivity contribution in [2.45, 2.75) is 32.6 Å². The van der Waals surface area contributed by atoms with Crippen molar-refractivity contribution in [3.63, 3.8) is 0 Å². The molecule has 1 aliphatic heterocycles. The predicted molar refractivity (Wildman–Crippen MR) is 97.4 cm³/mol. The number of amides is 1. The number of ether oxygens (including phenoxy) is 1. The molecular formula is C19H23ClN2O3. The summed E-state index contributed by atoms with van der Waals surface area (Å²) in [5, 5.41) is 3.60. The first-order chi connectivity index (χ1) is 12.0. The van der Waals surface area contributed by atoms with Crippen molar-refractivity contribution in [2.75, 3.05) is 19.6 Å². The first-order valence-corrected chi connectivity index (χ1v) is 8.86. The van der Waals surface area contributed by atoms with Gasteiger partial charge in [-0.2, -0.15) is 0 Å². The summed E-state index contributed by atoms with van der Waals surface area (Å²) in [6.07, 6.45) is 0.312. The second kappa shape index (κ2) is 8.04.